The molecule has 0 bridgehead atoms. The number of nitrogens with zero attached hydrogens (tertiary/aromatic N) is 1. The predicted molar refractivity (Wildman–Crippen MR) is 95.3 cm³/mol. The van der Waals surface area contributed by atoms with Crippen LogP contribution in [-0.4, -0.2) is 63.9 Å². The average Bonchev–Trinajstić information content (AvgIpc) is 3.15. The van der Waals surface area contributed by atoms with Gasteiger partial charge in [0.15, 0.2) is 0 Å². The number of hydrogen-bond acceptors (Lipinski definition) is 6. The van der Waals surface area contributed by atoms with E-state index in [9.17, 15) is 19.2 Å². The standard InChI is InChI=1S/C16H26N6O5/c1-3-9(2)14(22-12(23)5-17)16(27)21-11(4-10-6-18-8-20-10)15(26)19-7-13(24)25/h6,8-9,11,14H,3-5,7,17H2,1-2H3,(H,18,20)(H,19,26)(H,21,27)(H,22,23)(H,24,25). The summed E-state index contributed by atoms with van der Waals surface area (Å²) in [5.74, 6) is -3.11. The lowest BCUT2D eigenvalue weighted by molar-refractivity contribution is -0.138. The molecule has 11 nitrogen and oxygen atoms in total. The number of imidazole rings is 1. The van der Waals surface area contributed by atoms with E-state index in [1.165, 1.54) is 12.5 Å². The molecule has 0 saturated carbocycles. The molecule has 0 aliphatic carbocycles. The monoisotopic (exact) mass is 382 g/mol. The summed E-state index contributed by atoms with van der Waals surface area (Å²) in [4.78, 5) is 54.0. The van der Waals surface area contributed by atoms with Crippen LogP contribution in [0.2, 0.25) is 0 Å². The van der Waals surface area contributed by atoms with E-state index >= 15 is 0 Å². The summed E-state index contributed by atoms with van der Waals surface area (Å²) in [6.45, 7) is 2.81. The van der Waals surface area contributed by atoms with E-state index in [0.717, 1.165) is 0 Å². The van der Waals surface area contributed by atoms with Crippen molar-refractivity contribution in [1.82, 2.24) is 25.9 Å². The number of nitrogens with two attached hydrogens (primary N) is 1. The minimum absolute atomic E-state index is 0.0786. The van der Waals surface area contributed by atoms with Crippen LogP contribution in [0.4, 0.5) is 0 Å². The average molecular weight is 382 g/mol. The Morgan fingerprint density at radius 1 is 1.26 bits per heavy atom. The first-order chi connectivity index (χ1) is 12.8. The first-order valence-electron chi connectivity index (χ1n) is 8.55. The second kappa shape index (κ2) is 10.9. The van der Waals surface area contributed by atoms with Gasteiger partial charge in [-0.15, -0.1) is 0 Å². The summed E-state index contributed by atoms with van der Waals surface area (Å²) in [6.07, 6.45) is 3.60. The molecule has 0 radical (unpaired) electrons. The Bertz CT molecular complexity index is 648. The Kier molecular flexibility index (Phi) is 8.93. The summed E-state index contributed by atoms with van der Waals surface area (Å²) >= 11 is 0. The Morgan fingerprint density at radius 2 is 1.96 bits per heavy atom. The van der Waals surface area contributed by atoms with Crippen molar-refractivity contribution in [2.24, 2.45) is 11.7 Å². The zero-order chi connectivity index (χ0) is 20.4. The van der Waals surface area contributed by atoms with Gasteiger partial charge in [0.25, 0.3) is 0 Å². The highest BCUT2D eigenvalue weighted by atomic mass is 16.4. The molecule has 0 aliphatic heterocycles. The second-order valence-corrected chi connectivity index (χ2v) is 6.09. The van der Waals surface area contributed by atoms with E-state index in [1.807, 2.05) is 6.92 Å². The number of hydrogen-bond donors (Lipinski definition) is 6. The fraction of sp³-hybridized carbons (Fsp3) is 0.562. The van der Waals surface area contributed by atoms with Crippen molar-refractivity contribution in [1.29, 1.82) is 0 Å². The van der Waals surface area contributed by atoms with E-state index in [4.69, 9.17) is 10.8 Å². The third kappa shape index (κ3) is 7.44. The lowest BCUT2D eigenvalue weighted by Gasteiger charge is -2.26. The highest BCUT2D eigenvalue weighted by molar-refractivity contribution is 5.93. The third-order valence-corrected chi connectivity index (χ3v) is 4.02. The number of aliphatic carboxylic acids is 1. The Balaban J connectivity index is 2.91. The zero-order valence-corrected chi connectivity index (χ0v) is 15.3. The topological polar surface area (TPSA) is 179 Å². The van der Waals surface area contributed by atoms with Gasteiger partial charge in [-0.05, 0) is 5.92 Å². The molecule has 0 spiro atoms. The number of amides is 3. The van der Waals surface area contributed by atoms with E-state index in [-0.39, 0.29) is 18.9 Å². The van der Waals surface area contributed by atoms with E-state index in [2.05, 4.69) is 25.9 Å². The number of carboxylic acid groups (broad SMARTS) is 1. The third-order valence-electron chi connectivity index (χ3n) is 4.02. The van der Waals surface area contributed by atoms with E-state index in [1.54, 1.807) is 6.92 Å². The van der Waals surface area contributed by atoms with Crippen LogP contribution in [0.5, 0.6) is 0 Å². The number of carbonyl (C=O) groups excluding carboxylic acids is 3. The number of carboxylic acids is 1. The lowest BCUT2D eigenvalue weighted by Crippen LogP contribution is -2.57. The van der Waals surface area contributed by atoms with E-state index in [0.29, 0.717) is 12.1 Å². The molecular formula is C16H26N6O5. The number of H-pyrrole nitrogens is 1. The van der Waals surface area contributed by atoms with Gasteiger partial charge in [-0.2, -0.15) is 0 Å². The van der Waals surface area contributed by atoms with Crippen LogP contribution in [0.15, 0.2) is 12.5 Å². The van der Waals surface area contributed by atoms with Gasteiger partial charge in [-0.25, -0.2) is 4.98 Å². The van der Waals surface area contributed by atoms with Crippen molar-refractivity contribution >= 4 is 23.7 Å². The summed E-state index contributed by atoms with van der Waals surface area (Å²) in [6, 6.07) is -1.92. The number of rotatable bonds is 11. The van der Waals surface area contributed by atoms with Crippen LogP contribution in [0, 0.1) is 5.92 Å². The smallest absolute Gasteiger partial charge is 0.322 e. The first-order valence-corrected chi connectivity index (χ1v) is 8.55. The van der Waals surface area contributed by atoms with Gasteiger partial charge in [-0.1, -0.05) is 20.3 Å². The maximum atomic E-state index is 12.7. The van der Waals surface area contributed by atoms with Gasteiger partial charge in [0.1, 0.15) is 18.6 Å². The molecule has 0 saturated heterocycles. The van der Waals surface area contributed by atoms with Crippen LogP contribution >= 0.6 is 0 Å². The van der Waals surface area contributed by atoms with Crippen molar-refractivity contribution in [2.45, 2.75) is 38.8 Å². The normalized spacial score (nSPS) is 13.9. The molecule has 150 valence electrons. The van der Waals surface area contributed by atoms with E-state index < -0.39 is 42.3 Å². The molecule has 1 rings (SSSR count). The molecule has 1 aromatic rings. The molecule has 0 fully saturated rings. The van der Waals surface area contributed by atoms with Crippen LogP contribution < -0.4 is 21.7 Å². The number of carbonyl (C=O) groups is 4. The fourth-order valence-electron chi connectivity index (χ4n) is 2.31. The zero-order valence-electron chi connectivity index (χ0n) is 15.3. The Hall–Kier alpha value is -2.95. The maximum absolute atomic E-state index is 12.7. The molecule has 0 aromatic carbocycles. The minimum atomic E-state index is -1.21. The predicted octanol–water partition coefficient (Wildman–Crippen LogP) is -1.87. The first kappa shape index (κ1) is 22.1. The minimum Gasteiger partial charge on any atom is -0.480 e. The lowest BCUT2D eigenvalue weighted by atomic mass is 9.97. The van der Waals surface area contributed by atoms with Gasteiger partial charge >= 0.3 is 5.97 Å². The molecule has 1 heterocycles. The number of aromatic nitrogens is 2. The Morgan fingerprint density at radius 3 is 2.48 bits per heavy atom. The molecule has 0 aliphatic rings. The number of nitrogens with one attached hydrogen (secondary N) is 4. The highest BCUT2D eigenvalue weighted by Crippen LogP contribution is 2.09. The van der Waals surface area contributed by atoms with Gasteiger partial charge in [-0.3, -0.25) is 19.2 Å². The highest BCUT2D eigenvalue weighted by Gasteiger charge is 2.30. The Labute approximate surface area is 156 Å². The van der Waals surface area contributed by atoms with Crippen LogP contribution in [0.25, 0.3) is 0 Å². The van der Waals surface area contributed by atoms with Crippen molar-refractivity contribution in [3.8, 4) is 0 Å². The molecule has 3 atom stereocenters. The number of aromatic amines is 1. The van der Waals surface area contributed by atoms with Gasteiger partial charge in [0.05, 0.1) is 12.9 Å². The van der Waals surface area contributed by atoms with Crippen molar-refractivity contribution in [2.75, 3.05) is 13.1 Å². The fourth-order valence-corrected chi connectivity index (χ4v) is 2.31. The summed E-state index contributed by atoms with van der Waals surface area (Å²) in [5, 5.41) is 16.1. The summed E-state index contributed by atoms with van der Waals surface area (Å²) in [5.41, 5.74) is 5.88. The van der Waals surface area contributed by atoms with Crippen LogP contribution in [-0.2, 0) is 25.6 Å². The summed E-state index contributed by atoms with van der Waals surface area (Å²) in [7, 11) is 0. The van der Waals surface area contributed by atoms with Gasteiger partial charge in [0, 0.05) is 18.3 Å². The maximum Gasteiger partial charge on any atom is 0.322 e. The van der Waals surface area contributed by atoms with Crippen molar-refractivity contribution in [3.63, 3.8) is 0 Å². The molecule has 3 amide bonds. The molecule has 3 unspecified atom stereocenters. The van der Waals surface area contributed by atoms with Crippen molar-refractivity contribution < 1.29 is 24.3 Å². The second-order valence-electron chi connectivity index (χ2n) is 6.09. The van der Waals surface area contributed by atoms with Crippen LogP contribution in [0.1, 0.15) is 26.0 Å². The van der Waals surface area contributed by atoms with Gasteiger partial charge in [0.2, 0.25) is 17.7 Å². The quantitative estimate of drug-likeness (QED) is 0.259. The van der Waals surface area contributed by atoms with Crippen molar-refractivity contribution in [3.05, 3.63) is 18.2 Å². The summed E-state index contributed by atoms with van der Waals surface area (Å²) < 4.78 is 0. The molecule has 11 heteroatoms. The van der Waals surface area contributed by atoms with Gasteiger partial charge < -0.3 is 31.8 Å². The largest absolute Gasteiger partial charge is 0.480 e. The molecule has 27 heavy (non-hydrogen) atoms. The van der Waals surface area contributed by atoms with Crippen LogP contribution in [0.3, 0.4) is 0 Å². The molecule has 1 aromatic heterocycles. The SMILES string of the molecule is CCC(C)C(NC(=O)CN)C(=O)NC(Cc1cnc[nH]1)C(=O)NCC(=O)O. The molecular weight excluding hydrogens is 356 g/mol. The molecule has 7 N–H and O–H groups in total.